The quantitative estimate of drug-likeness (QED) is 0.690. The van der Waals surface area contributed by atoms with Crippen molar-refractivity contribution in [3.05, 3.63) is 53.6 Å². The number of hydrogen-bond acceptors (Lipinski definition) is 4. The highest BCUT2D eigenvalue weighted by molar-refractivity contribution is 5.93. The van der Waals surface area contributed by atoms with E-state index in [0.29, 0.717) is 28.1 Å². The lowest BCUT2D eigenvalue weighted by atomic mass is 10.1. The fraction of sp³-hybridized carbons (Fsp3) is 0.250. The predicted octanol–water partition coefficient (Wildman–Crippen LogP) is 4.86. The Labute approximate surface area is 159 Å². The normalized spacial score (nSPS) is 11.8. The highest BCUT2D eigenvalue weighted by Crippen LogP contribution is 2.34. The number of benzene rings is 2. The first-order chi connectivity index (χ1) is 13.1. The Morgan fingerprint density at radius 3 is 2.21 bits per heavy atom. The van der Waals surface area contributed by atoms with Crippen molar-refractivity contribution in [3.63, 3.8) is 0 Å². The van der Waals surface area contributed by atoms with Crippen LogP contribution in [-0.4, -0.2) is 34.1 Å². The highest BCUT2D eigenvalue weighted by Gasteiger charge is 2.30. The molecule has 1 aromatic heterocycles. The Morgan fingerprint density at radius 2 is 1.68 bits per heavy atom. The van der Waals surface area contributed by atoms with Gasteiger partial charge in [0.05, 0.1) is 22.2 Å². The monoisotopic (exact) mass is 389 g/mol. The van der Waals surface area contributed by atoms with E-state index >= 15 is 0 Å². The number of nitrogens with zero attached hydrogens (tertiary/aromatic N) is 3. The Kier molecular flexibility index (Phi) is 4.97. The molecule has 1 heterocycles. The lowest BCUT2D eigenvalue weighted by Crippen LogP contribution is -2.27. The molecule has 3 rings (SSSR count). The van der Waals surface area contributed by atoms with E-state index in [9.17, 15) is 23.1 Å². The van der Waals surface area contributed by atoms with E-state index < -0.39 is 17.7 Å². The van der Waals surface area contributed by atoms with E-state index in [1.54, 1.807) is 13.1 Å². The maximum atomic E-state index is 12.9. The summed E-state index contributed by atoms with van der Waals surface area (Å²) >= 11 is 0. The summed E-state index contributed by atoms with van der Waals surface area (Å²) in [5.74, 6) is -0.612. The van der Waals surface area contributed by atoms with Crippen molar-refractivity contribution in [1.82, 2.24) is 9.97 Å². The van der Waals surface area contributed by atoms with Crippen molar-refractivity contribution >= 4 is 22.8 Å². The molecule has 0 aliphatic heterocycles. The zero-order valence-corrected chi connectivity index (χ0v) is 15.4. The Balaban J connectivity index is 2.20. The van der Waals surface area contributed by atoms with Gasteiger partial charge in [0.1, 0.15) is 5.69 Å². The maximum absolute atomic E-state index is 12.9. The first kappa shape index (κ1) is 19.6. The van der Waals surface area contributed by atoms with Crippen LogP contribution in [0.15, 0.2) is 42.5 Å². The van der Waals surface area contributed by atoms with Crippen molar-refractivity contribution < 1.29 is 23.1 Å². The van der Waals surface area contributed by atoms with Gasteiger partial charge < -0.3 is 10.0 Å². The Hall–Kier alpha value is -3.16. The van der Waals surface area contributed by atoms with Crippen LogP contribution in [0.25, 0.3) is 22.3 Å². The van der Waals surface area contributed by atoms with Crippen LogP contribution >= 0.6 is 0 Å². The van der Waals surface area contributed by atoms with Gasteiger partial charge in [0, 0.05) is 18.7 Å². The number of fused-ring (bicyclic) bond motifs is 1. The number of anilines is 1. The van der Waals surface area contributed by atoms with Crippen LogP contribution in [0.3, 0.4) is 0 Å². The molecule has 0 fully saturated rings. The van der Waals surface area contributed by atoms with Gasteiger partial charge in [0.2, 0.25) is 0 Å². The van der Waals surface area contributed by atoms with E-state index in [0.717, 1.165) is 12.1 Å². The lowest BCUT2D eigenvalue weighted by molar-refractivity contribution is -0.137. The molecule has 3 aromatic rings. The number of hydrogen-bond donors (Lipinski definition) is 1. The predicted molar refractivity (Wildman–Crippen MR) is 100 cm³/mol. The average Bonchev–Trinajstić information content (AvgIpc) is 2.65. The van der Waals surface area contributed by atoms with Crippen LogP contribution in [0.1, 0.15) is 29.8 Å². The molecule has 8 heteroatoms. The zero-order valence-electron chi connectivity index (χ0n) is 15.4. The number of carboxylic acid groups (broad SMARTS) is 1. The van der Waals surface area contributed by atoms with Gasteiger partial charge >= 0.3 is 12.1 Å². The lowest BCUT2D eigenvalue weighted by Gasteiger charge is -2.25. The van der Waals surface area contributed by atoms with Crippen LogP contribution in [0.4, 0.5) is 19.0 Å². The average molecular weight is 389 g/mol. The first-order valence-electron chi connectivity index (χ1n) is 8.53. The van der Waals surface area contributed by atoms with Crippen LogP contribution in [0, 0.1) is 0 Å². The van der Waals surface area contributed by atoms with Gasteiger partial charge in [0.25, 0.3) is 0 Å². The molecule has 2 aromatic carbocycles. The standard InChI is InChI=1S/C20H18F3N3O2/c1-11(2)26(3)18-17(12-4-7-14(8-5-12)20(21,22)23)24-15-9-6-13(19(27)28)10-16(15)25-18/h4-11H,1-3H3,(H,27,28). The number of carboxylic acids is 1. The molecule has 5 nitrogen and oxygen atoms in total. The summed E-state index contributed by atoms with van der Waals surface area (Å²) in [5, 5.41) is 9.18. The molecule has 0 radical (unpaired) electrons. The highest BCUT2D eigenvalue weighted by atomic mass is 19.4. The molecule has 0 aliphatic rings. The molecule has 0 saturated carbocycles. The summed E-state index contributed by atoms with van der Waals surface area (Å²) in [6.45, 7) is 3.88. The van der Waals surface area contributed by atoms with E-state index in [-0.39, 0.29) is 11.6 Å². The van der Waals surface area contributed by atoms with Crippen molar-refractivity contribution in [2.24, 2.45) is 0 Å². The molecule has 0 spiro atoms. The maximum Gasteiger partial charge on any atom is 0.416 e. The molecule has 146 valence electrons. The Bertz CT molecular complexity index is 1030. The summed E-state index contributed by atoms with van der Waals surface area (Å²) in [6.07, 6.45) is -4.42. The molecule has 0 bridgehead atoms. The number of aromatic nitrogens is 2. The molecular weight excluding hydrogens is 371 g/mol. The van der Waals surface area contributed by atoms with Gasteiger partial charge in [-0.15, -0.1) is 0 Å². The summed E-state index contributed by atoms with van der Waals surface area (Å²) in [7, 11) is 1.80. The summed E-state index contributed by atoms with van der Waals surface area (Å²) in [4.78, 5) is 22.2. The summed E-state index contributed by atoms with van der Waals surface area (Å²) < 4.78 is 38.6. The minimum atomic E-state index is -4.42. The molecule has 0 saturated heterocycles. The van der Waals surface area contributed by atoms with E-state index in [1.807, 2.05) is 18.7 Å². The zero-order chi connectivity index (χ0) is 20.6. The second-order valence-corrected chi connectivity index (χ2v) is 6.68. The summed E-state index contributed by atoms with van der Waals surface area (Å²) in [5.41, 5.74) is 1.13. The SMILES string of the molecule is CC(C)N(C)c1nc2cc(C(=O)O)ccc2nc1-c1ccc(C(F)(F)F)cc1. The fourth-order valence-electron chi connectivity index (χ4n) is 2.68. The Morgan fingerprint density at radius 1 is 1.04 bits per heavy atom. The van der Waals surface area contributed by atoms with E-state index in [2.05, 4.69) is 9.97 Å². The molecule has 0 unspecified atom stereocenters. The van der Waals surface area contributed by atoms with E-state index in [4.69, 9.17) is 0 Å². The third kappa shape index (κ3) is 3.76. The minimum Gasteiger partial charge on any atom is -0.478 e. The number of carbonyl (C=O) groups is 1. The fourth-order valence-corrected chi connectivity index (χ4v) is 2.68. The minimum absolute atomic E-state index is 0.0441. The largest absolute Gasteiger partial charge is 0.478 e. The molecular formula is C20H18F3N3O2. The van der Waals surface area contributed by atoms with Gasteiger partial charge in [-0.2, -0.15) is 13.2 Å². The second-order valence-electron chi connectivity index (χ2n) is 6.68. The van der Waals surface area contributed by atoms with Crippen LogP contribution < -0.4 is 4.90 Å². The number of alkyl halides is 3. The number of halogens is 3. The third-order valence-corrected chi connectivity index (χ3v) is 4.49. The van der Waals surface area contributed by atoms with Crippen LogP contribution in [0.2, 0.25) is 0 Å². The number of aromatic carboxylic acids is 1. The first-order valence-corrected chi connectivity index (χ1v) is 8.53. The van der Waals surface area contributed by atoms with Crippen molar-refractivity contribution in [2.45, 2.75) is 26.1 Å². The molecule has 1 N–H and O–H groups in total. The van der Waals surface area contributed by atoms with Crippen molar-refractivity contribution in [3.8, 4) is 11.3 Å². The van der Waals surface area contributed by atoms with E-state index in [1.165, 1.54) is 24.3 Å². The van der Waals surface area contributed by atoms with Gasteiger partial charge in [0.15, 0.2) is 5.82 Å². The third-order valence-electron chi connectivity index (χ3n) is 4.49. The van der Waals surface area contributed by atoms with Crippen LogP contribution in [-0.2, 0) is 6.18 Å². The molecule has 0 atom stereocenters. The molecule has 0 amide bonds. The van der Waals surface area contributed by atoms with Crippen molar-refractivity contribution in [2.75, 3.05) is 11.9 Å². The summed E-state index contributed by atoms with van der Waals surface area (Å²) in [6, 6.07) is 9.17. The van der Waals surface area contributed by atoms with Crippen LogP contribution in [0.5, 0.6) is 0 Å². The van der Waals surface area contributed by atoms with Gasteiger partial charge in [-0.1, -0.05) is 12.1 Å². The topological polar surface area (TPSA) is 66.3 Å². The molecule has 0 aliphatic carbocycles. The van der Waals surface area contributed by atoms with Gasteiger partial charge in [-0.3, -0.25) is 0 Å². The van der Waals surface area contributed by atoms with Crippen molar-refractivity contribution in [1.29, 1.82) is 0 Å². The smallest absolute Gasteiger partial charge is 0.416 e. The van der Waals surface area contributed by atoms with Gasteiger partial charge in [-0.25, -0.2) is 14.8 Å². The second kappa shape index (κ2) is 7.10. The molecule has 28 heavy (non-hydrogen) atoms. The van der Waals surface area contributed by atoms with Gasteiger partial charge in [-0.05, 0) is 44.2 Å². The number of rotatable bonds is 4.